The van der Waals surface area contributed by atoms with Crippen molar-refractivity contribution in [2.75, 3.05) is 43.1 Å². The average Bonchev–Trinajstić information content (AvgIpc) is 2.82. The third-order valence-corrected chi connectivity index (χ3v) is 5.50. The average molecular weight is 488 g/mol. The number of halogens is 1. The second kappa shape index (κ2) is 10.3. The first-order chi connectivity index (χ1) is 15.9. The molecule has 3 N–H and O–H groups in total. The second-order valence-corrected chi connectivity index (χ2v) is 7.48. The number of carbonyl (C=O) groups excluding carboxylic acids is 3. The molecule has 34 heavy (non-hydrogen) atoms. The number of anilines is 2. The summed E-state index contributed by atoms with van der Waals surface area (Å²) in [6, 6.07) is 9.84. The standard InChI is InChI=1S/C22H21N5O6.ClH/c1-33-19-5-3-2-4-18(19)26-21(29)16(20(28)24-22(26)30)13-14-12-15(27(31)32)6-7-17(14)25-10-8-23-9-11-25;/h2-7,12-13,23H,8-11H2,1H3,(H,24,28,30);1H/b16-13-;. The molecular formula is C22H22ClN5O6. The van der Waals surface area contributed by atoms with Gasteiger partial charge in [-0.2, -0.15) is 0 Å². The minimum Gasteiger partial charge on any atom is -1.00 e. The van der Waals surface area contributed by atoms with Gasteiger partial charge in [0.15, 0.2) is 0 Å². The predicted octanol–water partition coefficient (Wildman–Crippen LogP) is -2.34. The maximum absolute atomic E-state index is 13.3. The molecule has 2 aromatic rings. The maximum Gasteiger partial charge on any atom is 0.336 e. The molecular weight excluding hydrogens is 466 g/mol. The zero-order chi connectivity index (χ0) is 23.5. The van der Waals surface area contributed by atoms with E-state index >= 15 is 0 Å². The largest absolute Gasteiger partial charge is 1.00 e. The summed E-state index contributed by atoms with van der Waals surface area (Å²) < 4.78 is 5.25. The number of ether oxygens (including phenoxy) is 1. The van der Waals surface area contributed by atoms with Crippen LogP contribution in [0.1, 0.15) is 5.56 Å². The maximum atomic E-state index is 13.3. The van der Waals surface area contributed by atoms with E-state index in [1.807, 2.05) is 4.90 Å². The molecule has 2 saturated heterocycles. The summed E-state index contributed by atoms with van der Waals surface area (Å²) in [5.41, 5.74) is 0.703. The minimum absolute atomic E-state index is 0. The Morgan fingerprint density at radius 1 is 1.09 bits per heavy atom. The minimum atomic E-state index is -0.905. The number of nitro groups is 1. The van der Waals surface area contributed by atoms with Crippen molar-refractivity contribution in [1.29, 1.82) is 0 Å². The predicted molar refractivity (Wildman–Crippen MR) is 119 cm³/mol. The van der Waals surface area contributed by atoms with Gasteiger partial charge in [-0.25, -0.2) is 9.69 Å². The fraction of sp³-hybridized carbons (Fsp3) is 0.227. The van der Waals surface area contributed by atoms with Crippen molar-refractivity contribution >= 4 is 41.0 Å². The number of para-hydroxylation sites is 2. The van der Waals surface area contributed by atoms with Crippen molar-refractivity contribution < 1.29 is 41.8 Å². The summed E-state index contributed by atoms with van der Waals surface area (Å²) in [5, 5.41) is 15.7. The molecule has 0 saturated carbocycles. The first-order valence-electron chi connectivity index (χ1n) is 10.3. The smallest absolute Gasteiger partial charge is 0.336 e. The second-order valence-electron chi connectivity index (χ2n) is 7.48. The van der Waals surface area contributed by atoms with E-state index in [9.17, 15) is 24.5 Å². The number of rotatable bonds is 5. The Kier molecular flexibility index (Phi) is 7.49. The number of nitrogens with two attached hydrogens (primary N) is 1. The number of piperazine rings is 1. The highest BCUT2D eigenvalue weighted by atomic mass is 35.5. The van der Waals surface area contributed by atoms with Crippen LogP contribution in [0.25, 0.3) is 6.08 Å². The molecule has 178 valence electrons. The van der Waals surface area contributed by atoms with Crippen LogP contribution in [0.4, 0.5) is 21.9 Å². The van der Waals surface area contributed by atoms with Crippen LogP contribution in [0.2, 0.25) is 0 Å². The van der Waals surface area contributed by atoms with Gasteiger partial charge in [-0.15, -0.1) is 0 Å². The molecule has 12 heteroatoms. The van der Waals surface area contributed by atoms with E-state index in [0.29, 0.717) is 24.3 Å². The number of imide groups is 2. The van der Waals surface area contributed by atoms with Crippen LogP contribution in [-0.4, -0.2) is 56.1 Å². The Morgan fingerprint density at radius 3 is 2.47 bits per heavy atom. The summed E-state index contributed by atoms with van der Waals surface area (Å²) in [6.07, 6.45) is 1.30. The molecule has 0 unspecified atom stereocenters. The molecule has 2 aliphatic heterocycles. The van der Waals surface area contributed by atoms with Crippen LogP contribution < -0.4 is 37.6 Å². The zero-order valence-corrected chi connectivity index (χ0v) is 18.9. The fourth-order valence-electron chi connectivity index (χ4n) is 3.90. The lowest BCUT2D eigenvalue weighted by atomic mass is 10.0. The Hall–Kier alpha value is -3.96. The fourth-order valence-corrected chi connectivity index (χ4v) is 3.90. The Morgan fingerprint density at radius 2 is 1.79 bits per heavy atom. The zero-order valence-electron chi connectivity index (χ0n) is 18.2. The third-order valence-electron chi connectivity index (χ3n) is 5.50. The Labute approximate surface area is 200 Å². The van der Waals surface area contributed by atoms with Gasteiger partial charge < -0.3 is 27.4 Å². The van der Waals surface area contributed by atoms with E-state index in [4.69, 9.17) is 4.74 Å². The molecule has 0 spiro atoms. The van der Waals surface area contributed by atoms with Crippen LogP contribution in [0.3, 0.4) is 0 Å². The lowest BCUT2D eigenvalue weighted by Gasteiger charge is -2.29. The van der Waals surface area contributed by atoms with Crippen molar-refractivity contribution in [3.63, 3.8) is 0 Å². The first-order valence-corrected chi connectivity index (χ1v) is 10.3. The summed E-state index contributed by atoms with van der Waals surface area (Å²) in [4.78, 5) is 52.1. The Balaban J connectivity index is 0.00000324. The van der Waals surface area contributed by atoms with Gasteiger partial charge in [0.05, 0.1) is 43.9 Å². The van der Waals surface area contributed by atoms with E-state index in [1.165, 1.54) is 31.4 Å². The van der Waals surface area contributed by atoms with Crippen LogP contribution in [0.5, 0.6) is 5.75 Å². The summed E-state index contributed by atoms with van der Waals surface area (Å²) in [6.45, 7) is 3.12. The van der Waals surface area contributed by atoms with Crippen LogP contribution in [0.15, 0.2) is 48.0 Å². The summed E-state index contributed by atoms with van der Waals surface area (Å²) >= 11 is 0. The van der Waals surface area contributed by atoms with Crippen molar-refractivity contribution in [1.82, 2.24) is 5.32 Å². The molecule has 4 amide bonds. The van der Waals surface area contributed by atoms with Gasteiger partial charge >= 0.3 is 6.03 Å². The molecule has 2 heterocycles. The number of barbiturate groups is 1. The van der Waals surface area contributed by atoms with E-state index in [2.05, 4.69) is 10.6 Å². The van der Waals surface area contributed by atoms with Crippen LogP contribution in [0, 0.1) is 10.1 Å². The number of urea groups is 1. The van der Waals surface area contributed by atoms with Gasteiger partial charge in [-0.3, -0.25) is 25.0 Å². The number of hydrogen-bond donors (Lipinski definition) is 2. The number of methoxy groups -OCH3 is 1. The van der Waals surface area contributed by atoms with E-state index in [0.717, 1.165) is 18.0 Å². The van der Waals surface area contributed by atoms with E-state index in [1.54, 1.807) is 24.3 Å². The van der Waals surface area contributed by atoms with Gasteiger partial charge in [0, 0.05) is 23.4 Å². The number of nitrogens with one attached hydrogen (secondary N) is 1. The molecule has 4 rings (SSSR count). The number of quaternary nitrogens is 1. The highest BCUT2D eigenvalue weighted by Crippen LogP contribution is 2.32. The number of nitro benzene ring substituents is 1. The monoisotopic (exact) mass is 487 g/mol. The van der Waals surface area contributed by atoms with Gasteiger partial charge in [-0.1, -0.05) is 12.1 Å². The topological polar surface area (TPSA) is 139 Å². The van der Waals surface area contributed by atoms with Crippen molar-refractivity contribution in [2.24, 2.45) is 0 Å². The number of benzene rings is 2. The molecule has 0 radical (unpaired) electrons. The lowest BCUT2D eigenvalue weighted by Crippen LogP contribution is -3.00. The van der Waals surface area contributed by atoms with Crippen LogP contribution >= 0.6 is 0 Å². The molecule has 2 fully saturated rings. The molecule has 0 aliphatic carbocycles. The number of nitrogens with zero attached hydrogens (tertiary/aromatic N) is 3. The molecule has 0 aromatic heterocycles. The molecule has 2 aliphatic rings. The normalized spacial score (nSPS) is 17.3. The highest BCUT2D eigenvalue weighted by molar-refractivity contribution is 6.39. The molecule has 0 atom stereocenters. The molecule has 2 aromatic carbocycles. The van der Waals surface area contributed by atoms with Crippen molar-refractivity contribution in [3.05, 3.63) is 63.7 Å². The molecule has 0 bridgehead atoms. The van der Waals surface area contributed by atoms with Gasteiger partial charge in [0.25, 0.3) is 17.5 Å². The van der Waals surface area contributed by atoms with Crippen LogP contribution in [-0.2, 0) is 9.59 Å². The SMILES string of the molecule is COc1ccccc1N1C(=O)NC(=O)/C(=C/c2cc([N+](=O)[O-])ccc2N2CC[NH2+]CC2)C1=O.[Cl-]. The van der Waals surface area contributed by atoms with Gasteiger partial charge in [0.1, 0.15) is 11.3 Å². The number of amides is 4. The van der Waals surface area contributed by atoms with Crippen molar-refractivity contribution in [3.8, 4) is 5.75 Å². The summed E-state index contributed by atoms with van der Waals surface area (Å²) in [5.74, 6) is -1.45. The third kappa shape index (κ3) is 4.70. The first kappa shape index (κ1) is 24.7. The summed E-state index contributed by atoms with van der Waals surface area (Å²) in [7, 11) is 1.40. The number of carbonyl (C=O) groups is 3. The van der Waals surface area contributed by atoms with E-state index < -0.39 is 22.8 Å². The van der Waals surface area contributed by atoms with Crippen molar-refractivity contribution in [2.45, 2.75) is 0 Å². The van der Waals surface area contributed by atoms with Gasteiger partial charge in [-0.05, 0) is 24.3 Å². The van der Waals surface area contributed by atoms with E-state index in [-0.39, 0.29) is 35.1 Å². The lowest BCUT2D eigenvalue weighted by molar-refractivity contribution is -0.655. The number of non-ortho nitro benzene ring substituents is 1. The Bertz CT molecular complexity index is 1180. The highest BCUT2D eigenvalue weighted by Gasteiger charge is 2.38. The quantitative estimate of drug-likeness (QED) is 0.208. The van der Waals surface area contributed by atoms with Gasteiger partial charge in [0.2, 0.25) is 0 Å². The number of hydrogen-bond acceptors (Lipinski definition) is 7. The molecule has 11 nitrogen and oxygen atoms in total.